The van der Waals surface area contributed by atoms with Crippen molar-refractivity contribution in [3.05, 3.63) is 139 Å². The number of hydrogen-bond acceptors (Lipinski definition) is 2. The second-order valence-electron chi connectivity index (χ2n) is 11.8. The van der Waals surface area contributed by atoms with Crippen molar-refractivity contribution in [1.29, 1.82) is 0 Å². The molecule has 0 bridgehead atoms. The molecule has 6 aromatic rings. The summed E-state index contributed by atoms with van der Waals surface area (Å²) in [6, 6.07) is 37.3. The molecule has 2 unspecified atom stereocenters. The van der Waals surface area contributed by atoms with E-state index in [0.29, 0.717) is 7.35 Å². The van der Waals surface area contributed by atoms with E-state index in [1.807, 2.05) is 22.7 Å². The van der Waals surface area contributed by atoms with Crippen LogP contribution < -0.4 is 24.8 Å². The van der Waals surface area contributed by atoms with Gasteiger partial charge in [0, 0.05) is 0 Å². The Hall–Kier alpha value is -2.27. The van der Waals surface area contributed by atoms with Gasteiger partial charge >= 0.3 is 276 Å². The number of benzene rings is 4. The Morgan fingerprint density at radius 3 is 1.42 bits per heavy atom. The molecule has 0 fully saturated rings. The molecule has 0 nitrogen and oxygen atoms in total. The van der Waals surface area contributed by atoms with E-state index in [1.165, 1.54) is 77.9 Å². The van der Waals surface area contributed by atoms with Crippen LogP contribution in [0, 0.1) is 0 Å². The molecule has 2 atom stereocenters. The third-order valence-electron chi connectivity index (χ3n) is 9.07. The van der Waals surface area contributed by atoms with Crippen LogP contribution in [0.1, 0.15) is 75.8 Å². The Morgan fingerprint density at radius 2 is 0.978 bits per heavy atom. The van der Waals surface area contributed by atoms with E-state index in [9.17, 15) is 0 Å². The molecule has 0 saturated carbocycles. The number of rotatable bonds is 8. The van der Waals surface area contributed by atoms with Crippen LogP contribution in [0.25, 0.3) is 44.8 Å². The first-order valence-corrected chi connectivity index (χ1v) is 21.4. The van der Waals surface area contributed by atoms with Gasteiger partial charge in [0.15, 0.2) is 0 Å². The number of halogens is 2. The van der Waals surface area contributed by atoms with Crippen molar-refractivity contribution in [2.45, 2.75) is 46.9 Å². The maximum Gasteiger partial charge on any atom is -1.00 e. The number of allylic oxidation sites excluding steroid dienone is 2. The zero-order chi connectivity index (χ0) is 28.9. The molecule has 4 aromatic carbocycles. The van der Waals surface area contributed by atoms with E-state index in [-0.39, 0.29) is 24.8 Å². The standard InChI is InChI=1S/2C20H17S.2ClH.Hf/c2*1-2-5-17-10-11-20(21-17)16-12-15-9-8-14-6-3-4-7-18(14)19(15)13-16;;;/h2*3-4,6-13H,2,5H2,1H3;2*1H;/q;;;;+2/p-2. The third kappa shape index (κ3) is 5.89. The average Bonchev–Trinajstić information content (AvgIpc) is 3.83. The normalized spacial score (nSPS) is 16.4. The van der Waals surface area contributed by atoms with Crippen LogP contribution in [0.3, 0.4) is 0 Å². The van der Waals surface area contributed by atoms with Gasteiger partial charge in [-0.05, 0) is 0 Å². The van der Waals surface area contributed by atoms with Gasteiger partial charge in [0.2, 0.25) is 0 Å². The predicted octanol–water partition coefficient (Wildman–Crippen LogP) is 6.00. The van der Waals surface area contributed by atoms with Gasteiger partial charge in [0.1, 0.15) is 0 Å². The van der Waals surface area contributed by atoms with Crippen molar-refractivity contribution in [3.8, 4) is 0 Å². The first-order valence-electron chi connectivity index (χ1n) is 15.6. The van der Waals surface area contributed by atoms with Crippen molar-refractivity contribution in [2.75, 3.05) is 0 Å². The van der Waals surface area contributed by atoms with Gasteiger partial charge in [0.05, 0.1) is 0 Å². The topological polar surface area (TPSA) is 0 Å². The van der Waals surface area contributed by atoms with Crippen LogP contribution in [0.2, 0.25) is 0 Å². The molecular formula is C40H34Cl2HfS2. The van der Waals surface area contributed by atoms with Crippen LogP contribution in [0.4, 0.5) is 0 Å². The Bertz CT molecular complexity index is 1920. The smallest absolute Gasteiger partial charge is 1.00 e. The largest absolute Gasteiger partial charge is 1.00 e. The van der Waals surface area contributed by atoms with Crippen LogP contribution in [-0.4, -0.2) is 0 Å². The molecule has 0 amide bonds. The number of thiophene rings is 2. The van der Waals surface area contributed by atoms with Gasteiger partial charge in [-0.2, -0.15) is 0 Å². The number of aryl methyl sites for hydroxylation is 2. The van der Waals surface area contributed by atoms with Crippen LogP contribution in [0.5, 0.6) is 0 Å². The van der Waals surface area contributed by atoms with Gasteiger partial charge in [-0.25, -0.2) is 0 Å². The van der Waals surface area contributed by atoms with E-state index in [4.69, 9.17) is 0 Å². The summed E-state index contributed by atoms with van der Waals surface area (Å²) in [5.74, 6) is 0. The SMILES string of the molecule is CCCc1ccc(C2=Cc3c(ccc4ccccc34)[CH]2[Hf+2][CH]2C(c3ccc(CCC)s3)=Cc3c2ccc2ccccc32)s1.[Cl-].[Cl-]. The molecule has 0 N–H and O–H groups in total. The Morgan fingerprint density at radius 1 is 0.533 bits per heavy atom. The van der Waals surface area contributed by atoms with Gasteiger partial charge in [-0.3, -0.25) is 0 Å². The average molecular weight is 828 g/mol. The molecule has 45 heavy (non-hydrogen) atoms. The van der Waals surface area contributed by atoms with Crippen molar-refractivity contribution in [1.82, 2.24) is 0 Å². The fourth-order valence-corrected chi connectivity index (χ4v) is 17.4. The minimum Gasteiger partial charge on any atom is -1.00 e. The Balaban J connectivity index is 0.00000179. The fourth-order valence-electron chi connectivity index (χ4n) is 7.04. The Kier molecular flexibility index (Phi) is 10.0. The van der Waals surface area contributed by atoms with E-state index in [2.05, 4.69) is 123 Å². The van der Waals surface area contributed by atoms with E-state index in [1.54, 1.807) is 22.3 Å². The molecule has 8 rings (SSSR count). The summed E-state index contributed by atoms with van der Waals surface area (Å²) in [6.07, 6.45) is 9.92. The Labute approximate surface area is 298 Å². The summed E-state index contributed by atoms with van der Waals surface area (Å²) in [4.78, 5) is 6.02. The van der Waals surface area contributed by atoms with Crippen LogP contribution >= 0.6 is 22.7 Å². The van der Waals surface area contributed by atoms with Crippen LogP contribution in [0.15, 0.2) is 97.1 Å². The molecule has 2 aliphatic rings. The predicted molar refractivity (Wildman–Crippen MR) is 186 cm³/mol. The van der Waals surface area contributed by atoms with E-state index < -0.39 is 22.9 Å². The molecule has 5 heteroatoms. The second-order valence-corrected chi connectivity index (χ2v) is 19.5. The molecule has 0 radical (unpaired) electrons. The summed E-state index contributed by atoms with van der Waals surface area (Å²) in [5, 5.41) is 5.52. The van der Waals surface area contributed by atoms with E-state index >= 15 is 0 Å². The maximum atomic E-state index is 2.58. The van der Waals surface area contributed by atoms with Gasteiger partial charge in [0.25, 0.3) is 0 Å². The van der Waals surface area contributed by atoms with Gasteiger partial charge in [-0.1, -0.05) is 0 Å². The van der Waals surface area contributed by atoms with Gasteiger partial charge in [-0.15, -0.1) is 0 Å². The zero-order valence-corrected chi connectivity index (χ0v) is 32.2. The van der Waals surface area contributed by atoms with Gasteiger partial charge < -0.3 is 24.8 Å². The molecule has 0 saturated heterocycles. The molecule has 2 heterocycles. The number of hydrogen-bond donors (Lipinski definition) is 0. The van der Waals surface area contributed by atoms with Crippen molar-refractivity contribution >= 4 is 67.5 Å². The molecule has 2 aromatic heterocycles. The first-order chi connectivity index (χ1) is 21.2. The molecular weight excluding hydrogens is 794 g/mol. The number of fused-ring (bicyclic) bond motifs is 6. The molecule has 0 spiro atoms. The van der Waals surface area contributed by atoms with Crippen molar-refractivity contribution in [3.63, 3.8) is 0 Å². The zero-order valence-electron chi connectivity index (χ0n) is 25.4. The quantitative estimate of drug-likeness (QED) is 0.165. The van der Waals surface area contributed by atoms with Crippen LogP contribution in [-0.2, 0) is 35.7 Å². The minimum absolute atomic E-state index is 0. The molecule has 224 valence electrons. The molecule has 0 aliphatic heterocycles. The monoisotopic (exact) mass is 828 g/mol. The summed E-state index contributed by atoms with van der Waals surface area (Å²) in [6.45, 7) is 4.58. The minimum atomic E-state index is -1.41. The van der Waals surface area contributed by atoms with Crippen molar-refractivity contribution in [2.24, 2.45) is 0 Å². The summed E-state index contributed by atoms with van der Waals surface area (Å²) < 4.78 is 1.10. The summed E-state index contributed by atoms with van der Waals surface area (Å²) in [7, 11) is 0. The summed E-state index contributed by atoms with van der Waals surface area (Å²) >= 11 is 2.67. The summed E-state index contributed by atoms with van der Waals surface area (Å²) in [5.41, 5.74) is 9.28. The van der Waals surface area contributed by atoms with Crippen molar-refractivity contribution < 1.29 is 47.7 Å². The van der Waals surface area contributed by atoms with E-state index in [0.717, 1.165) is 0 Å². The third-order valence-corrected chi connectivity index (χ3v) is 18.3. The maximum absolute atomic E-state index is 2.58. The second kappa shape index (κ2) is 13.8. The first kappa shape index (κ1) is 32.7. The molecule has 2 aliphatic carbocycles. The fraction of sp³-hybridized carbons (Fsp3) is 0.200.